The Labute approximate surface area is 821 Å². The molecule has 42 heteroatoms. The van der Waals surface area contributed by atoms with Gasteiger partial charge in [-0.1, -0.05) is 164 Å². The standard InChI is InChI=1S/C24H27NO7S.C22H23NO5S.C16H35NO7S.2C10H23NO5S.K.2Na/c26-20(17-31-22-9-3-1-4-10-22)15-25(19-8-7-13-24(14-19)33(28,29)30)16-21(27)18-32-23-11-5-2-6-12-23;24-21(17-8-3-1-4-9-17)15-23(16-22(25)18-10-5-2-6-11-18)19-12-7-13-20(14-19)29(26,27)28;1-3-5-8-23-13-15(18)11-17(7-10-25(20,21)22)12-16(19)14-24-9-6-4-2;2*1-3-9(12)7-11(8-10(13)4-2)5-6-17(14,15)16;;;/h1-14,20-21,26-27H,15-18H2,(H,28,29,30);1-14,21-22,24-25H,15-16H2,(H,26,27,28);15-16,18-19H,3-14H2,1-2H3,(H,20,21,22);2*9-10,12-13H,3-8H2,1-2H3,(H,14,15,16);;;/q;;;;;3*+1/p-3. The summed E-state index contributed by atoms with van der Waals surface area (Å²) in [5.74, 6) is -0.361. The molecule has 0 amide bonds. The number of benzene rings is 6. The summed E-state index contributed by atoms with van der Waals surface area (Å²) in [7, 11) is -21.7. The van der Waals surface area contributed by atoms with Crippen molar-refractivity contribution in [3.63, 3.8) is 0 Å². The topological polar surface area (TPSA) is 536 Å². The van der Waals surface area contributed by atoms with Gasteiger partial charge in [0, 0.05) is 110 Å². The van der Waals surface area contributed by atoms with Crippen LogP contribution < -0.4 is 130 Å². The smallest absolute Gasteiger partial charge is 0.748 e. The van der Waals surface area contributed by atoms with Gasteiger partial charge in [0.25, 0.3) is 20.2 Å². The summed E-state index contributed by atoms with van der Waals surface area (Å²) in [6.45, 7) is 14.3. The number of aliphatic hydroxyl groups is 10. The van der Waals surface area contributed by atoms with E-state index in [9.17, 15) is 116 Å². The largest absolute Gasteiger partial charge is 1.00 e. The van der Waals surface area contributed by atoms with Crippen molar-refractivity contribution in [3.8, 4) is 11.5 Å². The maximum absolute atomic E-state index is 11.6. The van der Waals surface area contributed by atoms with E-state index in [2.05, 4.69) is 0 Å². The molecule has 0 aromatic heterocycles. The summed E-state index contributed by atoms with van der Waals surface area (Å²) in [6.07, 6.45) is -1.57. The molecule has 0 aliphatic heterocycles. The zero-order valence-electron chi connectivity index (χ0n) is 72.7. The van der Waals surface area contributed by atoms with Crippen LogP contribution in [0.25, 0.3) is 0 Å². The molecule has 0 saturated carbocycles. The second kappa shape index (κ2) is 68.2. The molecule has 124 heavy (non-hydrogen) atoms. The van der Waals surface area contributed by atoms with Crippen LogP contribution in [0.1, 0.15) is 116 Å². The van der Waals surface area contributed by atoms with Gasteiger partial charge >= 0.3 is 110 Å². The Kier molecular flexibility index (Phi) is 67.7. The molecule has 10 unspecified atom stereocenters. The Bertz CT molecular complexity index is 4100. The molecule has 10 atom stereocenters. The van der Waals surface area contributed by atoms with E-state index in [0.29, 0.717) is 72.9 Å². The molecular formula is C82H128KN5Na2O29S5. The van der Waals surface area contributed by atoms with Crippen molar-refractivity contribution in [1.82, 2.24) is 14.7 Å². The summed E-state index contributed by atoms with van der Waals surface area (Å²) in [5, 5.41) is 100. The van der Waals surface area contributed by atoms with E-state index >= 15 is 0 Å². The molecule has 34 nitrogen and oxygen atoms in total. The molecule has 6 rings (SSSR count). The first-order valence-electron chi connectivity index (χ1n) is 40.0. The average Bonchev–Trinajstić information content (AvgIpc) is 0.823. The fraction of sp³-hybridized carbons (Fsp3) is 0.561. The Morgan fingerprint density at radius 2 is 0.589 bits per heavy atom. The van der Waals surface area contributed by atoms with Gasteiger partial charge in [-0.15, -0.1) is 0 Å². The number of rotatable bonds is 55. The monoisotopic (exact) mass is 1890 g/mol. The van der Waals surface area contributed by atoms with Gasteiger partial charge in [0.2, 0.25) is 0 Å². The van der Waals surface area contributed by atoms with Gasteiger partial charge in [0.1, 0.15) is 36.9 Å². The van der Waals surface area contributed by atoms with Gasteiger partial charge in [-0.25, -0.2) is 25.3 Å². The quantitative estimate of drug-likeness (QED) is 0.00978. The maximum Gasteiger partial charge on any atom is 1.00 e. The van der Waals surface area contributed by atoms with Crippen LogP contribution in [0.4, 0.5) is 11.4 Å². The van der Waals surface area contributed by atoms with Crippen molar-refractivity contribution < 1.29 is 245 Å². The van der Waals surface area contributed by atoms with Gasteiger partial charge in [0.05, 0.1) is 119 Å². The van der Waals surface area contributed by atoms with Crippen molar-refractivity contribution in [2.45, 2.75) is 164 Å². The van der Waals surface area contributed by atoms with Crippen molar-refractivity contribution >= 4 is 62.0 Å². The molecule has 0 bridgehead atoms. The minimum atomic E-state index is -4.41. The first-order chi connectivity index (χ1) is 57.0. The molecule has 0 fully saturated rings. The van der Waals surface area contributed by atoms with Crippen LogP contribution >= 0.6 is 0 Å². The van der Waals surface area contributed by atoms with Crippen LogP contribution in [0.5, 0.6) is 11.5 Å². The Balaban J connectivity index is 0. The maximum atomic E-state index is 11.6. The first kappa shape index (κ1) is 123. The number of para-hydroxylation sites is 2. The Morgan fingerprint density at radius 3 is 0.847 bits per heavy atom. The molecule has 688 valence electrons. The van der Waals surface area contributed by atoms with Crippen LogP contribution in [0, 0.1) is 0 Å². The second-order valence-corrected chi connectivity index (χ2v) is 36.1. The molecule has 0 heterocycles. The number of ether oxygens (including phenoxy) is 4. The van der Waals surface area contributed by atoms with E-state index < -0.39 is 129 Å². The zero-order valence-corrected chi connectivity index (χ0v) is 83.9. The van der Waals surface area contributed by atoms with Crippen LogP contribution in [-0.2, 0) is 60.1 Å². The van der Waals surface area contributed by atoms with Crippen molar-refractivity contribution in [2.24, 2.45) is 0 Å². The van der Waals surface area contributed by atoms with Gasteiger partial charge in [-0.2, -0.15) is 16.8 Å². The summed E-state index contributed by atoms with van der Waals surface area (Å²) in [6, 6.07) is 47.7. The van der Waals surface area contributed by atoms with E-state index in [-0.39, 0.29) is 232 Å². The van der Waals surface area contributed by atoms with Gasteiger partial charge in [0.15, 0.2) is 0 Å². The van der Waals surface area contributed by atoms with E-state index in [0.717, 1.165) is 25.7 Å². The molecular weight excluding hydrogens is 1760 g/mol. The molecule has 0 spiro atoms. The van der Waals surface area contributed by atoms with E-state index in [1.54, 1.807) is 85.2 Å². The van der Waals surface area contributed by atoms with Crippen molar-refractivity contribution in [3.05, 3.63) is 181 Å². The second-order valence-electron chi connectivity index (χ2n) is 28.6. The predicted molar refractivity (Wildman–Crippen MR) is 457 cm³/mol. The fourth-order valence-electron chi connectivity index (χ4n) is 11.1. The molecule has 0 aliphatic carbocycles. The number of hydrogen-bond donors (Lipinski definition) is 12. The van der Waals surface area contributed by atoms with E-state index in [1.807, 2.05) is 114 Å². The summed E-state index contributed by atoms with van der Waals surface area (Å²) in [5.41, 5.74) is 2.28. The van der Waals surface area contributed by atoms with Crippen molar-refractivity contribution in [1.29, 1.82) is 0 Å². The molecule has 0 aliphatic rings. The van der Waals surface area contributed by atoms with Crippen LogP contribution in [0.2, 0.25) is 0 Å². The minimum absolute atomic E-state index is 0. The van der Waals surface area contributed by atoms with E-state index in [4.69, 9.17) is 18.9 Å². The number of anilines is 2. The number of nitrogens with zero attached hydrogens (tertiary/aromatic N) is 5. The number of aliphatic hydroxyl groups excluding tert-OH is 10. The van der Waals surface area contributed by atoms with Gasteiger partial charge in [-0.3, -0.25) is 23.8 Å². The summed E-state index contributed by atoms with van der Waals surface area (Å²) < 4.78 is 183. The normalized spacial score (nSPS) is 14.1. The third kappa shape index (κ3) is 60.9. The van der Waals surface area contributed by atoms with E-state index in [1.165, 1.54) is 36.4 Å². The van der Waals surface area contributed by atoms with Gasteiger partial charge < -0.3 is 93.5 Å². The first-order valence-corrected chi connectivity index (χ1v) is 47.7. The third-order valence-corrected chi connectivity index (χ3v) is 21.7. The van der Waals surface area contributed by atoms with Crippen LogP contribution in [0.15, 0.2) is 180 Å². The van der Waals surface area contributed by atoms with Crippen LogP contribution in [-0.4, -0.2) is 321 Å². The minimum Gasteiger partial charge on any atom is -0.748 e. The Morgan fingerprint density at radius 1 is 0.331 bits per heavy atom. The molecule has 0 saturated heterocycles. The number of unbranched alkanes of at least 4 members (excludes halogenated alkanes) is 2. The van der Waals surface area contributed by atoms with Crippen LogP contribution in [0.3, 0.4) is 0 Å². The SMILES string of the molecule is CCC(O)CN(CCS(=O)(=O)[O-])CC(O)CC.CCC(O)CN(CCS(=O)(=O)[O-])CC(O)CC.CCCCOCC(O)CN(CCS(=O)(=O)[O-])CC(O)COCCCC.O=S(=O)(O)c1cccc(N(CC(O)COc2ccccc2)CC(O)COc2ccccc2)c1.O=S(=O)(O)c1cccc(N(CC(O)c2ccccc2)CC(O)c2ccccc2)c1.[K+].[Na+].[Na+]. The molecule has 12 N–H and O–H groups in total. The molecule has 0 radical (unpaired) electrons. The average molecular weight is 1890 g/mol. The zero-order chi connectivity index (χ0) is 90.6. The fourth-order valence-corrected chi connectivity index (χ4v) is 13.6. The predicted octanol–water partition coefficient (Wildman–Crippen LogP) is -4.22. The third-order valence-electron chi connectivity index (χ3n) is 17.9. The molecule has 6 aromatic rings. The van der Waals surface area contributed by atoms with Gasteiger partial charge in [-0.05, 0) is 110 Å². The summed E-state index contributed by atoms with van der Waals surface area (Å²) in [4.78, 5) is 7.56. The molecule has 6 aromatic carbocycles. The Hall–Kier alpha value is -2.89. The number of hydrogen-bond acceptors (Lipinski definition) is 32. The van der Waals surface area contributed by atoms with Crippen molar-refractivity contribution in [2.75, 3.05) is 152 Å². The summed E-state index contributed by atoms with van der Waals surface area (Å²) >= 11 is 0.